The van der Waals surface area contributed by atoms with Gasteiger partial charge in [-0.25, -0.2) is 0 Å². The molecule has 15 heavy (non-hydrogen) atoms. The molecule has 2 atom stereocenters. The van der Waals surface area contributed by atoms with E-state index in [1.807, 2.05) is 0 Å². The molecule has 0 aromatic carbocycles. The zero-order chi connectivity index (χ0) is 10.3. The Labute approximate surface area is 93.9 Å². The molecule has 1 heteroatoms. The van der Waals surface area contributed by atoms with Gasteiger partial charge < -0.3 is 4.74 Å². The number of hydrogen-bond donors (Lipinski definition) is 0. The molecule has 2 rings (SSSR count). The van der Waals surface area contributed by atoms with Gasteiger partial charge in [-0.05, 0) is 38.5 Å². The number of allylic oxidation sites excluding steroid dienone is 2. The fraction of sp³-hybridized carbons (Fsp3) is 0.857. The third-order valence-corrected chi connectivity index (χ3v) is 3.57. The molecule has 0 amide bonds. The van der Waals surface area contributed by atoms with Crippen molar-refractivity contribution in [2.45, 2.75) is 76.4 Å². The third kappa shape index (κ3) is 4.38. The first-order chi connectivity index (χ1) is 7.47. The Morgan fingerprint density at radius 2 is 1.20 bits per heavy atom. The molecule has 86 valence electrons. The second-order valence-electron chi connectivity index (χ2n) is 4.96. The van der Waals surface area contributed by atoms with Gasteiger partial charge in [0.25, 0.3) is 0 Å². The highest BCUT2D eigenvalue weighted by molar-refractivity contribution is 4.85. The molecule has 0 bridgehead atoms. The Bertz CT molecular complexity index is 178. The van der Waals surface area contributed by atoms with E-state index in [4.69, 9.17) is 4.74 Å². The number of epoxide rings is 1. The highest BCUT2D eigenvalue weighted by Crippen LogP contribution is 2.31. The summed E-state index contributed by atoms with van der Waals surface area (Å²) in [5, 5.41) is 0. The maximum atomic E-state index is 5.68. The lowest BCUT2D eigenvalue weighted by Gasteiger charge is -2.00. The predicted molar refractivity (Wildman–Crippen MR) is 64.0 cm³/mol. The van der Waals surface area contributed by atoms with Crippen molar-refractivity contribution in [2.75, 3.05) is 0 Å². The molecular weight excluding hydrogens is 184 g/mol. The van der Waals surface area contributed by atoms with E-state index in [9.17, 15) is 0 Å². The lowest BCUT2D eigenvalue weighted by atomic mass is 10.0. The monoisotopic (exact) mass is 208 g/mol. The zero-order valence-corrected chi connectivity index (χ0v) is 9.79. The molecule has 1 aliphatic heterocycles. The van der Waals surface area contributed by atoms with Crippen LogP contribution in [0.2, 0.25) is 0 Å². The Morgan fingerprint density at radius 3 is 1.73 bits per heavy atom. The maximum Gasteiger partial charge on any atom is 0.0841 e. The fourth-order valence-corrected chi connectivity index (χ4v) is 2.49. The summed E-state index contributed by atoms with van der Waals surface area (Å²) in [6.45, 7) is 0. The van der Waals surface area contributed by atoms with Crippen LogP contribution >= 0.6 is 0 Å². The van der Waals surface area contributed by atoms with Gasteiger partial charge in [0, 0.05) is 0 Å². The normalized spacial score (nSPS) is 36.3. The second-order valence-corrected chi connectivity index (χ2v) is 4.96. The van der Waals surface area contributed by atoms with Crippen molar-refractivity contribution in [1.29, 1.82) is 0 Å². The SMILES string of the molecule is C1=C\CCCCCC2OC2CCCCC/1. The van der Waals surface area contributed by atoms with Crippen LogP contribution in [0.1, 0.15) is 64.2 Å². The predicted octanol–water partition coefficient (Wildman–Crippen LogP) is 4.22. The van der Waals surface area contributed by atoms with Crippen LogP contribution in [0.4, 0.5) is 0 Å². The van der Waals surface area contributed by atoms with E-state index < -0.39 is 0 Å². The van der Waals surface area contributed by atoms with E-state index in [1.54, 1.807) is 0 Å². The van der Waals surface area contributed by atoms with Gasteiger partial charge in [-0.3, -0.25) is 0 Å². The molecule has 0 radical (unpaired) electrons. The van der Waals surface area contributed by atoms with Gasteiger partial charge in [0.1, 0.15) is 0 Å². The zero-order valence-electron chi connectivity index (χ0n) is 9.79. The lowest BCUT2D eigenvalue weighted by molar-refractivity contribution is 0.348. The van der Waals surface area contributed by atoms with Crippen LogP contribution in [-0.2, 0) is 4.74 Å². The average molecular weight is 208 g/mol. The molecule has 0 aromatic heterocycles. The van der Waals surface area contributed by atoms with Crippen molar-refractivity contribution in [3.63, 3.8) is 0 Å². The van der Waals surface area contributed by atoms with E-state index in [0.29, 0.717) is 12.2 Å². The van der Waals surface area contributed by atoms with E-state index in [-0.39, 0.29) is 0 Å². The summed E-state index contributed by atoms with van der Waals surface area (Å²) in [6, 6.07) is 0. The first-order valence-electron chi connectivity index (χ1n) is 6.77. The van der Waals surface area contributed by atoms with Crippen LogP contribution in [0.15, 0.2) is 12.2 Å². The molecule has 0 N–H and O–H groups in total. The first-order valence-corrected chi connectivity index (χ1v) is 6.77. The minimum absolute atomic E-state index is 0.642. The average Bonchev–Trinajstić information content (AvgIpc) is 2.98. The summed E-state index contributed by atoms with van der Waals surface area (Å²) in [5.41, 5.74) is 0. The van der Waals surface area contributed by atoms with Gasteiger partial charge in [0.15, 0.2) is 0 Å². The molecular formula is C14H24O. The Hall–Kier alpha value is -0.300. The topological polar surface area (TPSA) is 12.5 Å². The number of fused-ring (bicyclic) bond motifs is 1. The van der Waals surface area contributed by atoms with Crippen molar-refractivity contribution in [1.82, 2.24) is 0 Å². The van der Waals surface area contributed by atoms with E-state index in [0.717, 1.165) is 0 Å². The van der Waals surface area contributed by atoms with Crippen molar-refractivity contribution in [3.05, 3.63) is 12.2 Å². The van der Waals surface area contributed by atoms with Gasteiger partial charge in [-0.1, -0.05) is 37.8 Å². The summed E-state index contributed by atoms with van der Waals surface area (Å²) >= 11 is 0. The van der Waals surface area contributed by atoms with Gasteiger partial charge in [-0.15, -0.1) is 0 Å². The smallest absolute Gasteiger partial charge is 0.0841 e. The minimum atomic E-state index is 0.642. The van der Waals surface area contributed by atoms with Crippen molar-refractivity contribution < 1.29 is 4.74 Å². The van der Waals surface area contributed by atoms with Gasteiger partial charge in [0.05, 0.1) is 12.2 Å². The summed E-state index contributed by atoms with van der Waals surface area (Å²) in [7, 11) is 0. The van der Waals surface area contributed by atoms with Crippen molar-refractivity contribution in [2.24, 2.45) is 0 Å². The largest absolute Gasteiger partial charge is 0.370 e. The maximum absolute atomic E-state index is 5.68. The molecule has 2 unspecified atom stereocenters. The summed E-state index contributed by atoms with van der Waals surface area (Å²) in [5.74, 6) is 0. The van der Waals surface area contributed by atoms with Crippen LogP contribution < -0.4 is 0 Å². The van der Waals surface area contributed by atoms with E-state index in [1.165, 1.54) is 64.2 Å². The minimum Gasteiger partial charge on any atom is -0.370 e. The number of hydrogen-bond acceptors (Lipinski definition) is 1. The molecule has 1 fully saturated rings. The van der Waals surface area contributed by atoms with Crippen LogP contribution in [0, 0.1) is 0 Å². The van der Waals surface area contributed by atoms with Crippen molar-refractivity contribution >= 4 is 0 Å². The Kier molecular flexibility index (Phi) is 4.72. The summed E-state index contributed by atoms with van der Waals surface area (Å²) in [4.78, 5) is 0. The number of ether oxygens (including phenoxy) is 1. The van der Waals surface area contributed by atoms with Gasteiger partial charge in [0.2, 0.25) is 0 Å². The van der Waals surface area contributed by atoms with Crippen LogP contribution in [0.5, 0.6) is 0 Å². The molecule has 0 spiro atoms. The molecule has 2 aliphatic rings. The standard InChI is InChI=1S/C14H24O/c1-2-4-6-8-10-12-14-13(15-14)11-9-7-5-3-1/h1-2,13-14H,3-12H2/b2-1-. The fourth-order valence-electron chi connectivity index (χ4n) is 2.49. The second kappa shape index (κ2) is 6.32. The van der Waals surface area contributed by atoms with E-state index in [2.05, 4.69) is 12.2 Å². The third-order valence-electron chi connectivity index (χ3n) is 3.57. The van der Waals surface area contributed by atoms with Crippen LogP contribution in [0.3, 0.4) is 0 Å². The Morgan fingerprint density at radius 1 is 0.667 bits per heavy atom. The highest BCUT2D eigenvalue weighted by Gasteiger charge is 2.36. The summed E-state index contributed by atoms with van der Waals surface area (Å²) < 4.78 is 5.68. The van der Waals surface area contributed by atoms with Gasteiger partial charge in [-0.2, -0.15) is 0 Å². The van der Waals surface area contributed by atoms with Crippen LogP contribution in [-0.4, -0.2) is 12.2 Å². The lowest BCUT2D eigenvalue weighted by Crippen LogP contribution is -1.94. The van der Waals surface area contributed by atoms with E-state index >= 15 is 0 Å². The molecule has 0 aromatic rings. The molecule has 0 saturated carbocycles. The molecule has 1 heterocycles. The number of rotatable bonds is 0. The molecule has 1 aliphatic carbocycles. The van der Waals surface area contributed by atoms with Crippen LogP contribution in [0.25, 0.3) is 0 Å². The van der Waals surface area contributed by atoms with Crippen molar-refractivity contribution in [3.8, 4) is 0 Å². The highest BCUT2D eigenvalue weighted by atomic mass is 16.6. The first kappa shape index (κ1) is 11.2. The van der Waals surface area contributed by atoms with Gasteiger partial charge >= 0.3 is 0 Å². The molecule has 1 nitrogen and oxygen atoms in total. The summed E-state index contributed by atoms with van der Waals surface area (Å²) in [6.07, 6.45) is 19.5. The molecule has 1 saturated heterocycles. The Balaban J connectivity index is 1.67. The quantitative estimate of drug-likeness (QED) is 0.429.